The second-order valence-electron chi connectivity index (χ2n) is 9.87. The van der Waals surface area contributed by atoms with E-state index in [0.29, 0.717) is 5.56 Å². The summed E-state index contributed by atoms with van der Waals surface area (Å²) in [5, 5.41) is 5.41. The lowest BCUT2D eigenvalue weighted by molar-refractivity contribution is -0.147. The monoisotopic (exact) mass is 521 g/mol. The highest BCUT2D eigenvalue weighted by Gasteiger charge is 2.41. The molecule has 9 nitrogen and oxygen atoms in total. The maximum Gasteiger partial charge on any atom is 0.408 e. The molecule has 200 valence electrons. The smallest absolute Gasteiger partial charge is 0.408 e. The Balaban J connectivity index is 2.34. The number of nitrogens with one attached hydrogen (secondary N) is 2. The van der Waals surface area contributed by atoms with Crippen LogP contribution in [-0.4, -0.2) is 65.4 Å². The third-order valence-electron chi connectivity index (χ3n) is 5.71. The van der Waals surface area contributed by atoms with Gasteiger partial charge in [-0.05, 0) is 59.4 Å². The molecule has 36 heavy (non-hydrogen) atoms. The Labute approximate surface area is 219 Å². The number of amides is 3. The van der Waals surface area contributed by atoms with Crippen LogP contribution in [0.5, 0.6) is 0 Å². The van der Waals surface area contributed by atoms with Crippen LogP contribution in [0.25, 0.3) is 0 Å². The van der Waals surface area contributed by atoms with Crippen LogP contribution < -0.4 is 10.6 Å². The number of hydrogen-bond donors (Lipinski definition) is 3. The van der Waals surface area contributed by atoms with Crippen LogP contribution in [0.2, 0.25) is 0 Å². The lowest BCUT2D eigenvalue weighted by Crippen LogP contribution is -2.58. The molecule has 2 rings (SSSR count). The van der Waals surface area contributed by atoms with Crippen LogP contribution in [0, 0.1) is 6.92 Å². The molecule has 2 N–H and O–H groups in total. The molecule has 0 aliphatic heterocycles. The number of nitrogens with zero attached hydrogens (tertiary/aromatic N) is 1. The third-order valence-corrected chi connectivity index (χ3v) is 6.08. The SMILES string of the molecule is CCOC(=O)CCNC(=O)C(c1cccc(C)c1)N(C(=O)C(CS)NC(=O)OC(C)(C)C)C1CCC1. The number of esters is 1. The van der Waals surface area contributed by atoms with Crippen molar-refractivity contribution < 1.29 is 28.7 Å². The molecule has 0 spiro atoms. The van der Waals surface area contributed by atoms with Gasteiger partial charge >= 0.3 is 12.1 Å². The second kappa shape index (κ2) is 13.5. The van der Waals surface area contributed by atoms with E-state index in [4.69, 9.17) is 9.47 Å². The molecule has 1 aromatic carbocycles. The molecular weight excluding hydrogens is 482 g/mol. The first-order chi connectivity index (χ1) is 17.0. The Hall–Kier alpha value is -2.75. The van der Waals surface area contributed by atoms with Gasteiger partial charge in [-0.2, -0.15) is 12.6 Å². The van der Waals surface area contributed by atoms with E-state index in [2.05, 4.69) is 23.3 Å². The second-order valence-corrected chi connectivity index (χ2v) is 10.2. The molecule has 1 aromatic rings. The summed E-state index contributed by atoms with van der Waals surface area (Å²) in [6.07, 6.45) is 1.72. The number of carbonyl (C=O) groups excluding carboxylic acids is 4. The zero-order chi connectivity index (χ0) is 26.9. The van der Waals surface area contributed by atoms with Crippen molar-refractivity contribution in [2.75, 3.05) is 18.9 Å². The first-order valence-electron chi connectivity index (χ1n) is 12.4. The Morgan fingerprint density at radius 1 is 1.19 bits per heavy atom. The molecule has 0 aromatic heterocycles. The van der Waals surface area contributed by atoms with Gasteiger partial charge in [0.25, 0.3) is 0 Å². The minimum Gasteiger partial charge on any atom is -0.466 e. The van der Waals surface area contributed by atoms with Crippen molar-refractivity contribution in [3.8, 4) is 0 Å². The zero-order valence-corrected chi connectivity index (χ0v) is 22.7. The molecule has 2 unspecified atom stereocenters. The molecule has 1 aliphatic rings. The van der Waals surface area contributed by atoms with Gasteiger partial charge in [0.15, 0.2) is 0 Å². The highest BCUT2D eigenvalue weighted by Crippen LogP contribution is 2.34. The predicted molar refractivity (Wildman–Crippen MR) is 140 cm³/mol. The van der Waals surface area contributed by atoms with Gasteiger partial charge in [0, 0.05) is 18.3 Å². The molecule has 1 aliphatic carbocycles. The van der Waals surface area contributed by atoms with Crippen molar-refractivity contribution in [1.82, 2.24) is 15.5 Å². The maximum atomic E-state index is 13.8. The van der Waals surface area contributed by atoms with Crippen LogP contribution in [-0.2, 0) is 23.9 Å². The number of hydrogen-bond acceptors (Lipinski definition) is 7. The summed E-state index contributed by atoms with van der Waals surface area (Å²) in [6.45, 7) is 9.18. The summed E-state index contributed by atoms with van der Waals surface area (Å²) in [5.41, 5.74) is 0.861. The first-order valence-corrected chi connectivity index (χ1v) is 13.0. The largest absolute Gasteiger partial charge is 0.466 e. The molecule has 1 fully saturated rings. The number of rotatable bonds is 11. The van der Waals surface area contributed by atoms with E-state index in [-0.39, 0.29) is 31.4 Å². The number of benzene rings is 1. The molecule has 0 bridgehead atoms. The van der Waals surface area contributed by atoms with Gasteiger partial charge in [0.05, 0.1) is 13.0 Å². The first kappa shape index (κ1) is 29.5. The lowest BCUT2D eigenvalue weighted by Gasteiger charge is -2.43. The Bertz CT molecular complexity index is 928. The number of ether oxygens (including phenoxy) is 2. The average molecular weight is 522 g/mol. The summed E-state index contributed by atoms with van der Waals surface area (Å²) in [7, 11) is 0. The van der Waals surface area contributed by atoms with Gasteiger partial charge in [0.1, 0.15) is 17.7 Å². The third kappa shape index (κ3) is 8.72. The van der Waals surface area contributed by atoms with Crippen LogP contribution in [0.15, 0.2) is 24.3 Å². The van der Waals surface area contributed by atoms with E-state index in [1.165, 1.54) is 0 Å². The molecule has 0 heterocycles. The average Bonchev–Trinajstić information content (AvgIpc) is 2.74. The minimum atomic E-state index is -0.983. The Morgan fingerprint density at radius 3 is 2.42 bits per heavy atom. The van der Waals surface area contributed by atoms with Gasteiger partial charge in [-0.1, -0.05) is 29.8 Å². The van der Waals surface area contributed by atoms with Crippen LogP contribution >= 0.6 is 12.6 Å². The highest BCUT2D eigenvalue weighted by molar-refractivity contribution is 7.80. The normalized spacial score (nSPS) is 15.2. The number of carbonyl (C=O) groups is 4. The fourth-order valence-electron chi connectivity index (χ4n) is 3.89. The minimum absolute atomic E-state index is 0.0248. The van der Waals surface area contributed by atoms with Crippen molar-refractivity contribution in [2.45, 2.75) is 84.0 Å². The standard InChI is InChI=1S/C26H39N3O6S/c1-6-34-21(30)13-14-27-23(31)22(18-10-7-9-17(2)15-18)29(19-11-8-12-19)24(32)20(16-36)28-25(33)35-26(3,4)5/h7,9-10,15,19-20,22,36H,6,8,11-14,16H2,1-5H3,(H,27,31)(H,28,33). The summed E-state index contributed by atoms with van der Waals surface area (Å²) in [6, 6.07) is 5.33. The van der Waals surface area contributed by atoms with E-state index >= 15 is 0 Å². The van der Waals surface area contributed by atoms with Gasteiger partial charge in [-0.15, -0.1) is 0 Å². The van der Waals surface area contributed by atoms with E-state index in [1.807, 2.05) is 25.1 Å². The summed E-state index contributed by atoms with van der Waals surface area (Å²) in [5.74, 6) is -1.19. The van der Waals surface area contributed by atoms with Gasteiger partial charge in [-0.25, -0.2) is 4.79 Å². The predicted octanol–water partition coefficient (Wildman–Crippen LogP) is 3.31. The quantitative estimate of drug-likeness (QED) is 0.304. The molecule has 0 saturated heterocycles. The van der Waals surface area contributed by atoms with Crippen molar-refractivity contribution in [1.29, 1.82) is 0 Å². The van der Waals surface area contributed by atoms with E-state index in [0.717, 1.165) is 24.8 Å². The maximum absolute atomic E-state index is 13.8. The number of thiol groups is 1. The molecular formula is C26H39N3O6S. The molecule has 1 saturated carbocycles. The fraction of sp³-hybridized carbons (Fsp3) is 0.615. The van der Waals surface area contributed by atoms with Crippen LogP contribution in [0.4, 0.5) is 4.79 Å². The van der Waals surface area contributed by atoms with E-state index in [9.17, 15) is 19.2 Å². The van der Waals surface area contributed by atoms with E-state index in [1.54, 1.807) is 38.7 Å². The molecule has 10 heteroatoms. The lowest BCUT2D eigenvalue weighted by atomic mass is 9.88. The topological polar surface area (TPSA) is 114 Å². The van der Waals surface area contributed by atoms with Crippen molar-refractivity contribution in [3.05, 3.63) is 35.4 Å². The van der Waals surface area contributed by atoms with Crippen LogP contribution in [0.1, 0.15) is 70.5 Å². The number of alkyl carbamates (subject to hydrolysis) is 1. The van der Waals surface area contributed by atoms with Gasteiger partial charge in [-0.3, -0.25) is 14.4 Å². The Morgan fingerprint density at radius 2 is 1.89 bits per heavy atom. The Kier molecular flexibility index (Phi) is 11.1. The summed E-state index contributed by atoms with van der Waals surface area (Å²) >= 11 is 4.30. The fourth-order valence-corrected chi connectivity index (χ4v) is 4.14. The van der Waals surface area contributed by atoms with Gasteiger partial charge < -0.3 is 25.0 Å². The molecule has 3 amide bonds. The van der Waals surface area contributed by atoms with Crippen molar-refractivity contribution in [3.63, 3.8) is 0 Å². The van der Waals surface area contributed by atoms with E-state index < -0.39 is 41.6 Å². The van der Waals surface area contributed by atoms with Crippen molar-refractivity contribution >= 4 is 36.5 Å². The van der Waals surface area contributed by atoms with Crippen molar-refractivity contribution in [2.24, 2.45) is 0 Å². The summed E-state index contributed by atoms with van der Waals surface area (Å²) in [4.78, 5) is 53.1. The summed E-state index contributed by atoms with van der Waals surface area (Å²) < 4.78 is 10.3. The highest BCUT2D eigenvalue weighted by atomic mass is 32.1. The number of aryl methyl sites for hydroxylation is 1. The van der Waals surface area contributed by atoms with Crippen LogP contribution in [0.3, 0.4) is 0 Å². The molecule has 2 atom stereocenters. The molecule has 0 radical (unpaired) electrons. The zero-order valence-electron chi connectivity index (χ0n) is 21.8. The van der Waals surface area contributed by atoms with Gasteiger partial charge in [0.2, 0.25) is 11.8 Å².